The van der Waals surface area contributed by atoms with Crippen molar-refractivity contribution in [1.29, 1.82) is 0 Å². The molecule has 1 atom stereocenters. The van der Waals surface area contributed by atoms with Crippen LogP contribution in [0.15, 0.2) is 18.2 Å². The Kier molecular flexibility index (Phi) is 4.38. The van der Waals surface area contributed by atoms with E-state index in [1.54, 1.807) is 0 Å². The zero-order valence-electron chi connectivity index (χ0n) is 11.6. The van der Waals surface area contributed by atoms with Gasteiger partial charge in [-0.15, -0.1) is 0 Å². The number of rotatable bonds is 4. The van der Waals surface area contributed by atoms with Gasteiger partial charge in [0, 0.05) is 13.1 Å². The largest absolute Gasteiger partial charge is 0.508 e. The van der Waals surface area contributed by atoms with Gasteiger partial charge in [0.15, 0.2) is 0 Å². The van der Waals surface area contributed by atoms with E-state index in [-0.39, 0.29) is 22.9 Å². The van der Waals surface area contributed by atoms with Crippen LogP contribution in [0.4, 0.5) is 5.69 Å². The van der Waals surface area contributed by atoms with Crippen LogP contribution in [0.1, 0.15) is 30.1 Å². The number of phenolic OH excluding ortho intramolecular Hbond substituents is 1. The average molecular weight is 314 g/mol. The third kappa shape index (κ3) is 3.64. The highest BCUT2D eigenvalue weighted by Crippen LogP contribution is 2.25. The highest BCUT2D eigenvalue weighted by atomic mass is 32.2. The van der Waals surface area contributed by atoms with Gasteiger partial charge >= 0.3 is 16.2 Å². The van der Waals surface area contributed by atoms with Crippen LogP contribution in [0.2, 0.25) is 0 Å². The molecule has 0 spiro atoms. The molecule has 0 amide bonds. The number of hydrogen-bond donors (Lipinski definition) is 3. The number of piperidine rings is 1. The number of phenols is 1. The number of hydrogen-bond acceptors (Lipinski definition) is 4. The molecule has 21 heavy (non-hydrogen) atoms. The van der Waals surface area contributed by atoms with Crippen molar-refractivity contribution in [2.24, 2.45) is 5.92 Å². The van der Waals surface area contributed by atoms with Crippen LogP contribution in [0.3, 0.4) is 0 Å². The number of carbonyl (C=O) groups is 1. The Morgan fingerprint density at radius 1 is 1.43 bits per heavy atom. The maximum Gasteiger partial charge on any atom is 0.337 e. The third-order valence-electron chi connectivity index (χ3n) is 3.43. The van der Waals surface area contributed by atoms with Gasteiger partial charge in [-0.2, -0.15) is 12.7 Å². The lowest BCUT2D eigenvalue weighted by molar-refractivity contribution is 0.0697. The van der Waals surface area contributed by atoms with Crippen molar-refractivity contribution in [3.8, 4) is 5.75 Å². The number of nitrogens with zero attached hydrogens (tertiary/aromatic N) is 1. The Labute approximate surface area is 123 Å². The summed E-state index contributed by atoms with van der Waals surface area (Å²) in [7, 11) is -3.80. The maximum absolute atomic E-state index is 12.3. The van der Waals surface area contributed by atoms with Crippen molar-refractivity contribution in [3.63, 3.8) is 0 Å². The van der Waals surface area contributed by atoms with Gasteiger partial charge in [0.1, 0.15) is 5.75 Å². The monoisotopic (exact) mass is 314 g/mol. The molecule has 1 unspecified atom stereocenters. The van der Waals surface area contributed by atoms with Gasteiger partial charge in [0.2, 0.25) is 0 Å². The number of nitrogens with one attached hydrogen (secondary N) is 1. The van der Waals surface area contributed by atoms with E-state index < -0.39 is 16.2 Å². The molecule has 1 aromatic rings. The van der Waals surface area contributed by atoms with Gasteiger partial charge in [0.05, 0.1) is 11.3 Å². The minimum absolute atomic E-state index is 0.0569. The lowest BCUT2D eigenvalue weighted by Gasteiger charge is -2.30. The molecular formula is C13H18N2O5S. The molecule has 1 saturated heterocycles. The molecule has 1 aliphatic rings. The van der Waals surface area contributed by atoms with Crippen molar-refractivity contribution in [3.05, 3.63) is 23.8 Å². The molecule has 1 fully saturated rings. The molecule has 1 aliphatic heterocycles. The molecule has 1 aromatic carbocycles. The van der Waals surface area contributed by atoms with Crippen molar-refractivity contribution < 1.29 is 23.4 Å². The van der Waals surface area contributed by atoms with E-state index in [0.29, 0.717) is 13.1 Å². The van der Waals surface area contributed by atoms with Crippen LogP contribution >= 0.6 is 0 Å². The number of carboxylic acids is 1. The molecule has 0 radical (unpaired) electrons. The van der Waals surface area contributed by atoms with E-state index in [2.05, 4.69) is 4.72 Å². The molecule has 0 aromatic heterocycles. The summed E-state index contributed by atoms with van der Waals surface area (Å²) in [5, 5.41) is 18.4. The second-order valence-corrected chi connectivity index (χ2v) is 6.92. The maximum atomic E-state index is 12.3. The fourth-order valence-corrected chi connectivity index (χ4v) is 3.77. The molecule has 0 saturated carbocycles. The molecule has 0 aliphatic carbocycles. The quantitative estimate of drug-likeness (QED) is 0.730. The van der Waals surface area contributed by atoms with E-state index >= 15 is 0 Å². The summed E-state index contributed by atoms with van der Waals surface area (Å²) in [6.07, 6.45) is 1.76. The van der Waals surface area contributed by atoms with Crippen molar-refractivity contribution in [1.82, 2.24) is 4.31 Å². The van der Waals surface area contributed by atoms with Crippen LogP contribution < -0.4 is 4.72 Å². The fourth-order valence-electron chi connectivity index (χ4n) is 2.37. The van der Waals surface area contributed by atoms with Crippen molar-refractivity contribution in [2.45, 2.75) is 19.8 Å². The smallest absolute Gasteiger partial charge is 0.337 e. The molecule has 8 heteroatoms. The van der Waals surface area contributed by atoms with E-state index in [4.69, 9.17) is 5.11 Å². The molecule has 7 nitrogen and oxygen atoms in total. The number of carboxylic acid groups (broad SMARTS) is 1. The van der Waals surface area contributed by atoms with E-state index in [0.717, 1.165) is 18.9 Å². The van der Waals surface area contributed by atoms with Crippen LogP contribution in [0.5, 0.6) is 5.75 Å². The Morgan fingerprint density at radius 2 is 2.14 bits per heavy atom. The van der Waals surface area contributed by atoms with Gasteiger partial charge in [-0.3, -0.25) is 4.72 Å². The number of aromatic carboxylic acids is 1. The standard InChI is InChI=1S/C13H18N2O5S/c1-9-3-2-6-15(8-9)21(19,20)14-12-5-4-10(16)7-11(12)13(17)18/h4-5,7,9,14,16H,2-3,6,8H2,1H3,(H,17,18). The number of anilines is 1. The van der Waals surface area contributed by atoms with Crippen LogP contribution in [-0.4, -0.2) is 42.0 Å². The fraction of sp³-hybridized carbons (Fsp3) is 0.462. The molecule has 2 rings (SSSR count). The normalized spacial score (nSPS) is 20.1. The predicted molar refractivity (Wildman–Crippen MR) is 77.6 cm³/mol. The second kappa shape index (κ2) is 5.90. The Hall–Kier alpha value is -1.80. The van der Waals surface area contributed by atoms with Gasteiger partial charge < -0.3 is 10.2 Å². The first-order valence-corrected chi connectivity index (χ1v) is 8.08. The summed E-state index contributed by atoms with van der Waals surface area (Å²) in [6, 6.07) is 3.49. The third-order valence-corrected chi connectivity index (χ3v) is 4.92. The van der Waals surface area contributed by atoms with Gasteiger partial charge in [-0.05, 0) is 37.0 Å². The van der Waals surface area contributed by atoms with Gasteiger partial charge in [0.25, 0.3) is 0 Å². The van der Waals surface area contributed by atoms with Crippen LogP contribution in [0, 0.1) is 5.92 Å². The summed E-state index contributed by atoms with van der Waals surface area (Å²) in [5.41, 5.74) is -0.345. The highest BCUT2D eigenvalue weighted by Gasteiger charge is 2.28. The highest BCUT2D eigenvalue weighted by molar-refractivity contribution is 7.90. The first-order valence-electron chi connectivity index (χ1n) is 6.64. The topological polar surface area (TPSA) is 107 Å². The average Bonchev–Trinajstić information content (AvgIpc) is 2.40. The lowest BCUT2D eigenvalue weighted by Crippen LogP contribution is -2.42. The van der Waals surface area contributed by atoms with Crippen molar-refractivity contribution >= 4 is 21.9 Å². The number of aromatic hydroxyl groups is 1. The Bertz CT molecular complexity index is 644. The summed E-state index contributed by atoms with van der Waals surface area (Å²) in [4.78, 5) is 11.1. The van der Waals surface area contributed by atoms with Crippen molar-refractivity contribution in [2.75, 3.05) is 17.8 Å². The molecule has 116 valence electrons. The predicted octanol–water partition coefficient (Wildman–Crippen LogP) is 1.48. The summed E-state index contributed by atoms with van der Waals surface area (Å²) < 4.78 is 28.3. The van der Waals surface area contributed by atoms with Crippen LogP contribution in [0.25, 0.3) is 0 Å². The van der Waals surface area contributed by atoms with E-state index in [1.165, 1.54) is 16.4 Å². The Balaban J connectivity index is 2.26. The first-order chi connectivity index (χ1) is 9.79. The van der Waals surface area contributed by atoms with E-state index in [1.807, 2.05) is 6.92 Å². The second-order valence-electron chi connectivity index (χ2n) is 5.25. The molecule has 3 N–H and O–H groups in total. The summed E-state index contributed by atoms with van der Waals surface area (Å²) >= 11 is 0. The van der Waals surface area contributed by atoms with Gasteiger partial charge in [-0.1, -0.05) is 6.92 Å². The lowest BCUT2D eigenvalue weighted by atomic mass is 10.0. The van der Waals surface area contributed by atoms with E-state index in [9.17, 15) is 18.3 Å². The SMILES string of the molecule is CC1CCCN(S(=O)(=O)Nc2ccc(O)cc2C(=O)O)C1. The molecular weight excluding hydrogens is 296 g/mol. The minimum atomic E-state index is -3.80. The molecule has 0 bridgehead atoms. The minimum Gasteiger partial charge on any atom is -0.508 e. The summed E-state index contributed by atoms with van der Waals surface area (Å²) in [6.45, 7) is 2.81. The summed E-state index contributed by atoms with van der Waals surface area (Å²) in [5.74, 6) is -1.27. The Morgan fingerprint density at radius 3 is 2.76 bits per heavy atom. The first kappa shape index (κ1) is 15.6. The number of benzene rings is 1. The zero-order chi connectivity index (χ0) is 15.6. The van der Waals surface area contributed by atoms with Gasteiger partial charge in [-0.25, -0.2) is 4.79 Å². The molecule has 1 heterocycles. The van der Waals surface area contributed by atoms with Crippen LogP contribution in [-0.2, 0) is 10.2 Å². The zero-order valence-corrected chi connectivity index (χ0v) is 12.4.